The lowest BCUT2D eigenvalue weighted by molar-refractivity contribution is 1.27. The van der Waals surface area contributed by atoms with Crippen LogP contribution in [0.4, 0.5) is 0 Å². The lowest BCUT2D eigenvalue weighted by Crippen LogP contribution is -2.00. The Labute approximate surface area is 132 Å². The molecule has 0 saturated carbocycles. The minimum Gasteiger partial charge on any atom is -0.243 e. The molecule has 2 aromatic carbocycles. The van der Waals surface area contributed by atoms with E-state index in [1.165, 1.54) is 27.1 Å². The SMILES string of the molecule is CC[O+]=c1ssc(-c2ccccc2)c1-c1ccc(C)cc1. The lowest BCUT2D eigenvalue weighted by Gasteiger charge is -2.02. The predicted molar refractivity (Wildman–Crippen MR) is 94.6 cm³/mol. The average molecular weight is 313 g/mol. The van der Waals surface area contributed by atoms with Gasteiger partial charge in [-0.05, 0) is 18.1 Å². The third kappa shape index (κ3) is 2.99. The van der Waals surface area contributed by atoms with Gasteiger partial charge in [0.05, 0.1) is 4.88 Å². The first-order valence-electron chi connectivity index (χ1n) is 7.01. The van der Waals surface area contributed by atoms with E-state index in [1.54, 1.807) is 20.7 Å². The third-order valence-corrected chi connectivity index (χ3v) is 5.65. The molecule has 1 nitrogen and oxygen atoms in total. The Kier molecular flexibility index (Phi) is 4.32. The van der Waals surface area contributed by atoms with E-state index in [4.69, 9.17) is 4.42 Å². The Morgan fingerprint density at radius 2 is 1.57 bits per heavy atom. The van der Waals surface area contributed by atoms with Gasteiger partial charge in [0, 0.05) is 17.3 Å². The molecule has 0 N–H and O–H groups in total. The summed E-state index contributed by atoms with van der Waals surface area (Å²) in [5.74, 6) is 0. The predicted octanol–water partition coefficient (Wildman–Crippen LogP) is 5.37. The second-order valence-corrected chi connectivity index (χ2v) is 6.94. The van der Waals surface area contributed by atoms with Gasteiger partial charge in [-0.25, -0.2) is 4.42 Å². The standard InChI is InChI=1S/C18H17OS2/c1-3-19-18-16(14-11-9-13(2)10-12-14)17(20-21-18)15-7-5-4-6-8-15/h4-12H,3H2,1-2H3/q+1. The average Bonchev–Trinajstić information content (AvgIpc) is 2.93. The summed E-state index contributed by atoms with van der Waals surface area (Å²) in [6, 6.07) is 19.2. The number of hydrogen-bond donors (Lipinski definition) is 0. The van der Waals surface area contributed by atoms with Crippen molar-refractivity contribution in [3.05, 3.63) is 69.3 Å². The molecule has 0 amide bonds. The highest BCUT2D eigenvalue weighted by atomic mass is 32.9. The molecule has 1 heterocycles. The molecule has 0 aliphatic carbocycles. The molecule has 0 atom stereocenters. The van der Waals surface area contributed by atoms with Gasteiger partial charge in [-0.2, -0.15) is 0 Å². The Balaban J connectivity index is 2.23. The topological polar surface area (TPSA) is 11.3 Å². The van der Waals surface area contributed by atoms with Crippen molar-refractivity contribution in [3.63, 3.8) is 0 Å². The van der Waals surface area contributed by atoms with Gasteiger partial charge in [-0.15, -0.1) is 0 Å². The zero-order valence-corrected chi connectivity index (χ0v) is 13.8. The molecular weight excluding hydrogens is 296 g/mol. The molecule has 106 valence electrons. The van der Waals surface area contributed by atoms with Gasteiger partial charge in [-0.3, -0.25) is 0 Å². The fraction of sp³-hybridized carbons (Fsp3) is 0.167. The van der Waals surface area contributed by atoms with E-state index in [0.29, 0.717) is 6.61 Å². The molecule has 3 rings (SSSR count). The first kappa shape index (κ1) is 14.2. The number of rotatable bonds is 3. The maximum absolute atomic E-state index is 5.85. The van der Waals surface area contributed by atoms with Gasteiger partial charge in [0.2, 0.25) is 0 Å². The first-order chi connectivity index (χ1) is 10.3. The zero-order valence-electron chi connectivity index (χ0n) is 12.1. The highest BCUT2D eigenvalue weighted by molar-refractivity contribution is 7.70. The Hall–Kier alpha value is -1.71. The van der Waals surface area contributed by atoms with Crippen molar-refractivity contribution in [1.29, 1.82) is 0 Å². The maximum Gasteiger partial charge on any atom is 0.419 e. The van der Waals surface area contributed by atoms with Crippen LogP contribution in [0.2, 0.25) is 0 Å². The molecule has 3 aromatic rings. The molecule has 0 radical (unpaired) electrons. The number of benzene rings is 2. The second kappa shape index (κ2) is 6.37. The van der Waals surface area contributed by atoms with Crippen LogP contribution in [0.15, 0.2) is 59.0 Å². The van der Waals surface area contributed by atoms with Crippen molar-refractivity contribution >= 4 is 20.7 Å². The maximum atomic E-state index is 5.85. The molecule has 21 heavy (non-hydrogen) atoms. The van der Waals surface area contributed by atoms with Gasteiger partial charge in [0.15, 0.2) is 0 Å². The summed E-state index contributed by atoms with van der Waals surface area (Å²) >= 11 is 0. The third-order valence-electron chi connectivity index (χ3n) is 3.28. The molecule has 0 spiro atoms. The molecule has 0 saturated heterocycles. The van der Waals surface area contributed by atoms with E-state index in [1.807, 2.05) is 6.92 Å². The summed E-state index contributed by atoms with van der Waals surface area (Å²) < 4.78 is 6.87. The van der Waals surface area contributed by atoms with Crippen LogP contribution in [-0.2, 0) is 0 Å². The quantitative estimate of drug-likeness (QED) is 0.455. The fourth-order valence-electron chi connectivity index (χ4n) is 2.23. The first-order valence-corrected chi connectivity index (χ1v) is 9.16. The van der Waals surface area contributed by atoms with Crippen LogP contribution >= 0.6 is 20.7 Å². The van der Waals surface area contributed by atoms with Gasteiger partial charge in [0.25, 0.3) is 6.61 Å². The molecule has 1 aromatic heterocycles. The van der Waals surface area contributed by atoms with Crippen molar-refractivity contribution in [3.8, 4) is 21.6 Å². The number of hydrogen-bond acceptors (Lipinski definition) is 2. The van der Waals surface area contributed by atoms with E-state index in [9.17, 15) is 0 Å². The van der Waals surface area contributed by atoms with Gasteiger partial charge in [0.1, 0.15) is 5.56 Å². The van der Waals surface area contributed by atoms with Crippen LogP contribution in [0, 0.1) is 6.92 Å². The minimum absolute atomic E-state index is 0.695. The number of aryl methyl sites for hydroxylation is 1. The largest absolute Gasteiger partial charge is 0.419 e. The molecule has 0 fully saturated rings. The van der Waals surface area contributed by atoms with E-state index >= 15 is 0 Å². The summed E-state index contributed by atoms with van der Waals surface area (Å²) in [4.78, 5) is 1.29. The van der Waals surface area contributed by atoms with Crippen molar-refractivity contribution in [1.82, 2.24) is 0 Å². The zero-order chi connectivity index (χ0) is 14.7. The van der Waals surface area contributed by atoms with Crippen molar-refractivity contribution in [2.45, 2.75) is 13.8 Å². The van der Waals surface area contributed by atoms with Crippen molar-refractivity contribution in [2.24, 2.45) is 0 Å². The summed E-state index contributed by atoms with van der Waals surface area (Å²) in [5.41, 5.74) is 4.97. The lowest BCUT2D eigenvalue weighted by atomic mass is 10.0. The summed E-state index contributed by atoms with van der Waals surface area (Å²) in [7, 11) is 3.50. The molecule has 0 aliphatic heterocycles. The van der Waals surface area contributed by atoms with Crippen LogP contribution in [0.25, 0.3) is 21.6 Å². The highest BCUT2D eigenvalue weighted by Gasteiger charge is 2.19. The Morgan fingerprint density at radius 3 is 2.24 bits per heavy atom. The molecule has 0 bridgehead atoms. The van der Waals surface area contributed by atoms with Crippen molar-refractivity contribution in [2.75, 3.05) is 6.61 Å². The van der Waals surface area contributed by atoms with Crippen molar-refractivity contribution < 1.29 is 0 Å². The van der Waals surface area contributed by atoms with Crippen LogP contribution in [0.3, 0.4) is 0 Å². The fourth-order valence-corrected chi connectivity index (χ4v) is 4.86. The summed E-state index contributed by atoms with van der Waals surface area (Å²) in [6.45, 7) is 4.84. The minimum atomic E-state index is 0.695. The highest BCUT2D eigenvalue weighted by Crippen LogP contribution is 2.35. The summed E-state index contributed by atoms with van der Waals surface area (Å²) in [5, 5.41) is 0. The normalized spacial score (nSPS) is 11.8. The van der Waals surface area contributed by atoms with Gasteiger partial charge < -0.3 is 0 Å². The summed E-state index contributed by atoms with van der Waals surface area (Å²) in [6.07, 6.45) is 0. The van der Waals surface area contributed by atoms with Crippen LogP contribution in [0.1, 0.15) is 12.5 Å². The van der Waals surface area contributed by atoms with Gasteiger partial charge >= 0.3 is 4.74 Å². The Morgan fingerprint density at radius 1 is 0.857 bits per heavy atom. The molecular formula is C18H17OS2+. The van der Waals surface area contributed by atoms with Crippen LogP contribution in [-0.4, -0.2) is 6.61 Å². The molecule has 0 aliphatic rings. The Bertz CT molecular complexity index is 780. The second-order valence-electron chi connectivity index (χ2n) is 4.82. The van der Waals surface area contributed by atoms with E-state index in [-0.39, 0.29) is 0 Å². The molecule has 0 unspecified atom stereocenters. The van der Waals surface area contributed by atoms with E-state index in [0.717, 1.165) is 4.74 Å². The van der Waals surface area contributed by atoms with Gasteiger partial charge in [-0.1, -0.05) is 70.5 Å². The monoisotopic (exact) mass is 313 g/mol. The van der Waals surface area contributed by atoms with E-state index < -0.39 is 0 Å². The smallest absolute Gasteiger partial charge is 0.243 e. The van der Waals surface area contributed by atoms with Crippen LogP contribution in [0.5, 0.6) is 0 Å². The van der Waals surface area contributed by atoms with Crippen LogP contribution < -0.4 is 4.74 Å². The molecule has 3 heteroatoms. The van der Waals surface area contributed by atoms with E-state index in [2.05, 4.69) is 61.5 Å².